The Morgan fingerprint density at radius 2 is 1.88 bits per heavy atom. The van der Waals surface area contributed by atoms with E-state index in [2.05, 4.69) is 5.32 Å². The third-order valence-electron chi connectivity index (χ3n) is 5.45. The number of aromatic nitrogens is 3. The summed E-state index contributed by atoms with van der Waals surface area (Å²) in [6.07, 6.45) is 1.01. The van der Waals surface area contributed by atoms with Crippen molar-refractivity contribution >= 4 is 22.9 Å². The van der Waals surface area contributed by atoms with Gasteiger partial charge in [0.1, 0.15) is 11.5 Å². The molecule has 0 unspecified atom stereocenters. The number of hydrogen-bond donors (Lipinski definition) is 1. The lowest BCUT2D eigenvalue weighted by molar-refractivity contribution is -0.121. The Morgan fingerprint density at radius 3 is 2.53 bits per heavy atom. The number of carbonyl (C=O) groups is 1. The molecular formula is C24H26N4O3S. The Kier molecular flexibility index (Phi) is 6.41. The predicted octanol–water partition coefficient (Wildman–Crippen LogP) is 4.34. The SMILES string of the molecule is COc1cc(OC)cc(-c2cc3nc(C)c(CCC(=O)NCc4cccs4)c(C)n3n2)c1. The molecule has 1 N–H and O–H groups in total. The fourth-order valence-corrected chi connectivity index (χ4v) is 4.36. The van der Waals surface area contributed by atoms with Crippen LogP contribution < -0.4 is 14.8 Å². The molecule has 0 spiro atoms. The highest BCUT2D eigenvalue weighted by molar-refractivity contribution is 7.09. The Morgan fingerprint density at radius 1 is 1.12 bits per heavy atom. The van der Waals surface area contributed by atoms with Gasteiger partial charge in [-0.25, -0.2) is 9.50 Å². The first-order chi connectivity index (χ1) is 15.5. The van der Waals surface area contributed by atoms with Gasteiger partial charge in [0.2, 0.25) is 5.91 Å². The minimum absolute atomic E-state index is 0.0296. The van der Waals surface area contributed by atoms with E-state index in [1.807, 2.05) is 60.1 Å². The molecule has 0 saturated heterocycles. The van der Waals surface area contributed by atoms with Crippen molar-refractivity contribution in [1.82, 2.24) is 19.9 Å². The van der Waals surface area contributed by atoms with Crippen molar-refractivity contribution in [3.63, 3.8) is 0 Å². The summed E-state index contributed by atoms with van der Waals surface area (Å²) in [5, 5.41) is 9.77. The Balaban J connectivity index is 1.56. The average molecular weight is 451 g/mol. The highest BCUT2D eigenvalue weighted by atomic mass is 32.1. The van der Waals surface area contributed by atoms with Crippen LogP contribution in [0.1, 0.15) is 28.2 Å². The molecule has 3 heterocycles. The lowest BCUT2D eigenvalue weighted by atomic mass is 10.1. The molecule has 4 rings (SSSR count). The number of aryl methyl sites for hydroxylation is 2. The summed E-state index contributed by atoms with van der Waals surface area (Å²) in [6, 6.07) is 11.6. The Labute approximate surface area is 191 Å². The van der Waals surface area contributed by atoms with E-state index in [-0.39, 0.29) is 5.91 Å². The van der Waals surface area contributed by atoms with Crippen LogP contribution in [0.25, 0.3) is 16.9 Å². The summed E-state index contributed by atoms with van der Waals surface area (Å²) in [7, 11) is 3.25. The monoisotopic (exact) mass is 450 g/mol. The molecule has 0 aliphatic heterocycles. The van der Waals surface area contributed by atoms with Crippen LogP contribution in [-0.2, 0) is 17.8 Å². The van der Waals surface area contributed by atoms with Crippen molar-refractivity contribution in [2.24, 2.45) is 0 Å². The molecule has 0 atom stereocenters. The first kappa shape index (κ1) is 21.8. The zero-order valence-corrected chi connectivity index (χ0v) is 19.5. The van der Waals surface area contributed by atoms with Crippen LogP contribution in [0.3, 0.4) is 0 Å². The van der Waals surface area contributed by atoms with Crippen LogP contribution in [0.4, 0.5) is 0 Å². The van der Waals surface area contributed by atoms with E-state index in [0.717, 1.165) is 38.7 Å². The fraction of sp³-hybridized carbons (Fsp3) is 0.292. The highest BCUT2D eigenvalue weighted by Gasteiger charge is 2.15. The van der Waals surface area contributed by atoms with Gasteiger partial charge in [-0.15, -0.1) is 11.3 Å². The van der Waals surface area contributed by atoms with Gasteiger partial charge >= 0.3 is 0 Å². The smallest absolute Gasteiger partial charge is 0.220 e. The minimum Gasteiger partial charge on any atom is -0.497 e. The number of benzene rings is 1. The number of thiophene rings is 1. The van der Waals surface area contributed by atoms with Gasteiger partial charge in [0.25, 0.3) is 0 Å². The number of rotatable bonds is 8. The second-order valence-corrected chi connectivity index (χ2v) is 8.55. The van der Waals surface area contributed by atoms with Crippen molar-refractivity contribution in [1.29, 1.82) is 0 Å². The van der Waals surface area contributed by atoms with E-state index < -0.39 is 0 Å². The van der Waals surface area contributed by atoms with Crippen LogP contribution in [0.5, 0.6) is 11.5 Å². The van der Waals surface area contributed by atoms with Gasteiger partial charge in [-0.2, -0.15) is 5.10 Å². The van der Waals surface area contributed by atoms with Gasteiger partial charge in [0.05, 0.1) is 26.5 Å². The van der Waals surface area contributed by atoms with E-state index >= 15 is 0 Å². The number of methoxy groups -OCH3 is 2. The molecule has 0 fully saturated rings. The van der Waals surface area contributed by atoms with E-state index in [1.54, 1.807) is 25.6 Å². The number of nitrogens with zero attached hydrogens (tertiary/aromatic N) is 3. The first-order valence-corrected chi connectivity index (χ1v) is 11.2. The zero-order valence-electron chi connectivity index (χ0n) is 18.6. The number of nitrogens with one attached hydrogen (secondary N) is 1. The molecular weight excluding hydrogens is 424 g/mol. The molecule has 32 heavy (non-hydrogen) atoms. The van der Waals surface area contributed by atoms with Crippen LogP contribution in [0, 0.1) is 13.8 Å². The summed E-state index contributed by atoms with van der Waals surface area (Å²) in [5.41, 5.74) is 5.38. The first-order valence-electron chi connectivity index (χ1n) is 10.4. The summed E-state index contributed by atoms with van der Waals surface area (Å²) >= 11 is 1.64. The Hall–Kier alpha value is -3.39. The maximum atomic E-state index is 12.3. The normalized spacial score (nSPS) is 11.0. The largest absolute Gasteiger partial charge is 0.497 e. The molecule has 0 bridgehead atoms. The second kappa shape index (κ2) is 9.40. The average Bonchev–Trinajstić information content (AvgIpc) is 3.47. The van der Waals surface area contributed by atoms with Crippen molar-refractivity contribution in [3.05, 3.63) is 63.6 Å². The molecule has 0 aliphatic rings. The number of ether oxygens (including phenoxy) is 2. The molecule has 0 aliphatic carbocycles. The van der Waals surface area contributed by atoms with Crippen molar-refractivity contribution in [3.8, 4) is 22.8 Å². The van der Waals surface area contributed by atoms with Gasteiger partial charge in [-0.05, 0) is 49.4 Å². The van der Waals surface area contributed by atoms with E-state index in [0.29, 0.717) is 30.9 Å². The van der Waals surface area contributed by atoms with E-state index in [1.165, 1.54) is 0 Å². The quantitative estimate of drug-likeness (QED) is 0.432. The molecule has 8 heteroatoms. The third kappa shape index (κ3) is 4.60. The van der Waals surface area contributed by atoms with Crippen molar-refractivity contribution in [2.45, 2.75) is 33.2 Å². The summed E-state index contributed by atoms with van der Waals surface area (Å²) < 4.78 is 12.6. The molecule has 3 aromatic heterocycles. The van der Waals surface area contributed by atoms with Gasteiger partial charge in [-0.3, -0.25) is 4.79 Å². The zero-order chi connectivity index (χ0) is 22.7. The van der Waals surface area contributed by atoms with Gasteiger partial charge < -0.3 is 14.8 Å². The van der Waals surface area contributed by atoms with Crippen LogP contribution >= 0.6 is 11.3 Å². The van der Waals surface area contributed by atoms with Gasteiger partial charge in [0.15, 0.2) is 5.65 Å². The fourth-order valence-electron chi connectivity index (χ4n) is 3.71. The van der Waals surface area contributed by atoms with Crippen molar-refractivity contribution < 1.29 is 14.3 Å². The van der Waals surface area contributed by atoms with Crippen molar-refractivity contribution in [2.75, 3.05) is 14.2 Å². The molecule has 1 aromatic carbocycles. The molecule has 0 radical (unpaired) electrons. The van der Waals surface area contributed by atoms with E-state index in [9.17, 15) is 4.79 Å². The molecule has 4 aromatic rings. The molecule has 1 amide bonds. The lowest BCUT2D eigenvalue weighted by Crippen LogP contribution is -2.23. The summed E-state index contributed by atoms with van der Waals surface area (Å²) in [4.78, 5) is 18.2. The summed E-state index contributed by atoms with van der Waals surface area (Å²) in [6.45, 7) is 4.56. The standard InChI is InChI=1S/C24H26N4O3S/c1-15-21(7-8-24(29)25-14-20-6-5-9-32-20)16(2)28-23(26-15)13-22(27-28)17-10-18(30-3)12-19(11-17)31-4/h5-6,9-13H,7-8,14H2,1-4H3,(H,25,29). The number of carbonyl (C=O) groups excluding carboxylic acids is 1. The topological polar surface area (TPSA) is 77.8 Å². The van der Waals surface area contributed by atoms with Crippen LogP contribution in [0.2, 0.25) is 0 Å². The minimum atomic E-state index is 0.0296. The molecule has 166 valence electrons. The number of fused-ring (bicyclic) bond motifs is 1. The highest BCUT2D eigenvalue weighted by Crippen LogP contribution is 2.30. The van der Waals surface area contributed by atoms with E-state index in [4.69, 9.17) is 19.6 Å². The lowest BCUT2D eigenvalue weighted by Gasteiger charge is -2.11. The van der Waals surface area contributed by atoms with Gasteiger partial charge in [-0.1, -0.05) is 6.07 Å². The van der Waals surface area contributed by atoms with Crippen LogP contribution in [-0.4, -0.2) is 34.7 Å². The third-order valence-corrected chi connectivity index (χ3v) is 6.33. The Bertz CT molecular complexity index is 1230. The molecule has 0 saturated carbocycles. The number of amides is 1. The predicted molar refractivity (Wildman–Crippen MR) is 125 cm³/mol. The molecule has 7 nitrogen and oxygen atoms in total. The summed E-state index contributed by atoms with van der Waals surface area (Å²) in [5.74, 6) is 1.43. The second-order valence-electron chi connectivity index (χ2n) is 7.52. The maximum absolute atomic E-state index is 12.3. The maximum Gasteiger partial charge on any atom is 0.220 e. The van der Waals surface area contributed by atoms with Gasteiger partial charge in [0, 0.05) is 40.4 Å². The van der Waals surface area contributed by atoms with Crippen LogP contribution in [0.15, 0.2) is 41.8 Å². The number of hydrogen-bond acceptors (Lipinski definition) is 6.